The number of rotatable bonds is 17. The number of carbonyl (C=O) groups excluding carboxylic acids is 1. The maximum absolute atomic E-state index is 12.2. The molecule has 0 spiro atoms. The fourth-order valence-corrected chi connectivity index (χ4v) is 4.74. The van der Waals surface area contributed by atoms with Crippen molar-refractivity contribution < 1.29 is 9.53 Å². The van der Waals surface area contributed by atoms with E-state index < -0.39 is 0 Å². The topological polar surface area (TPSA) is 38.3 Å². The summed E-state index contributed by atoms with van der Waals surface area (Å²) < 4.78 is 5.66. The summed E-state index contributed by atoms with van der Waals surface area (Å²) in [6.45, 7) is 10.8. The Morgan fingerprint density at radius 3 is 1.67 bits per heavy atom. The highest BCUT2D eigenvalue weighted by atomic mass is 16.5. The largest absolute Gasteiger partial charge is 0.431 e. The van der Waals surface area contributed by atoms with Crippen LogP contribution >= 0.6 is 0 Å². The van der Waals surface area contributed by atoms with Crippen molar-refractivity contribution in [2.45, 2.75) is 155 Å². The second kappa shape index (κ2) is 15.1. The Hall–Kier alpha value is -0.830. The minimum Gasteiger partial charge on any atom is -0.431 e. The van der Waals surface area contributed by atoms with Gasteiger partial charge in [0.2, 0.25) is 0 Å². The van der Waals surface area contributed by atoms with Gasteiger partial charge in [0.15, 0.2) is 0 Å². The molecule has 0 aromatic carbocycles. The van der Waals surface area contributed by atoms with Gasteiger partial charge in [-0.25, -0.2) is 0 Å². The summed E-state index contributed by atoms with van der Waals surface area (Å²) in [6.07, 6.45) is 23.5. The van der Waals surface area contributed by atoms with Crippen molar-refractivity contribution >= 4 is 5.97 Å². The molecule has 0 amide bonds. The second-order valence-electron chi connectivity index (χ2n) is 10.7. The number of esters is 1. The molecule has 3 heteroatoms. The molecule has 0 saturated heterocycles. The lowest BCUT2D eigenvalue weighted by Gasteiger charge is -2.40. The van der Waals surface area contributed by atoms with Crippen LogP contribution < -0.4 is 5.32 Å². The van der Waals surface area contributed by atoms with E-state index in [1.807, 2.05) is 0 Å². The Labute approximate surface area is 187 Å². The first kappa shape index (κ1) is 27.2. The predicted octanol–water partition coefficient (Wildman–Crippen LogP) is 8.23. The first-order valence-electron chi connectivity index (χ1n) is 13.0. The van der Waals surface area contributed by atoms with E-state index in [9.17, 15) is 4.79 Å². The molecule has 0 saturated carbocycles. The molecular formula is C27H51NO2. The van der Waals surface area contributed by atoms with Crippen LogP contribution in [0.2, 0.25) is 0 Å². The zero-order valence-corrected chi connectivity index (χ0v) is 20.9. The molecule has 3 nitrogen and oxygen atoms in total. The minimum absolute atomic E-state index is 0.0392. The van der Waals surface area contributed by atoms with Crippen LogP contribution in [0.15, 0.2) is 11.8 Å². The normalized spacial score (nSPS) is 17.6. The smallest absolute Gasteiger partial charge is 0.310 e. The molecule has 1 aliphatic heterocycles. The number of hydrogen-bond acceptors (Lipinski definition) is 3. The standard InChI is InChI=1S/C27H51NO2/c1-6-7-8-9-10-11-12-13-14-15-16-17-18-19-20-21-25(29)30-24-22-26(2,3)28-27(4,5)23-24/h22,28H,6-21,23H2,1-5H3. The van der Waals surface area contributed by atoms with E-state index in [1.165, 1.54) is 83.5 Å². The van der Waals surface area contributed by atoms with Gasteiger partial charge in [-0.1, -0.05) is 96.8 Å². The van der Waals surface area contributed by atoms with Crippen molar-refractivity contribution in [1.29, 1.82) is 0 Å². The van der Waals surface area contributed by atoms with Crippen LogP contribution in [0.3, 0.4) is 0 Å². The van der Waals surface area contributed by atoms with Crippen molar-refractivity contribution in [1.82, 2.24) is 5.32 Å². The van der Waals surface area contributed by atoms with Crippen molar-refractivity contribution in [2.75, 3.05) is 0 Å². The van der Waals surface area contributed by atoms with Gasteiger partial charge in [0.1, 0.15) is 5.76 Å². The summed E-state index contributed by atoms with van der Waals surface area (Å²) in [6, 6.07) is 0. The molecule has 0 bridgehead atoms. The Kier molecular flexibility index (Phi) is 13.6. The maximum atomic E-state index is 12.2. The third-order valence-corrected chi connectivity index (χ3v) is 6.03. The zero-order valence-electron chi connectivity index (χ0n) is 20.9. The number of hydrogen-bond donors (Lipinski definition) is 1. The molecule has 0 fully saturated rings. The Balaban J connectivity index is 1.93. The zero-order chi connectivity index (χ0) is 22.3. The summed E-state index contributed by atoms with van der Waals surface area (Å²) in [4.78, 5) is 12.2. The van der Waals surface area contributed by atoms with Gasteiger partial charge in [0.25, 0.3) is 0 Å². The van der Waals surface area contributed by atoms with E-state index in [4.69, 9.17) is 4.74 Å². The molecule has 0 radical (unpaired) electrons. The lowest BCUT2D eigenvalue weighted by molar-refractivity contribution is -0.140. The number of carbonyl (C=O) groups is 1. The summed E-state index contributed by atoms with van der Waals surface area (Å²) in [7, 11) is 0. The van der Waals surface area contributed by atoms with Crippen LogP contribution in [-0.4, -0.2) is 17.0 Å². The third-order valence-electron chi connectivity index (χ3n) is 6.03. The van der Waals surface area contributed by atoms with Crippen molar-refractivity contribution in [2.24, 2.45) is 0 Å². The van der Waals surface area contributed by atoms with Gasteiger partial charge in [-0.2, -0.15) is 0 Å². The highest BCUT2D eigenvalue weighted by Crippen LogP contribution is 2.28. The lowest BCUT2D eigenvalue weighted by atomic mass is 9.87. The first-order valence-corrected chi connectivity index (χ1v) is 13.0. The summed E-state index contributed by atoms with van der Waals surface area (Å²) >= 11 is 0. The van der Waals surface area contributed by atoms with E-state index in [2.05, 4.69) is 46.0 Å². The van der Waals surface area contributed by atoms with Gasteiger partial charge in [-0.05, 0) is 40.2 Å². The minimum atomic E-state index is -0.133. The van der Waals surface area contributed by atoms with Gasteiger partial charge in [0, 0.05) is 23.9 Å². The Morgan fingerprint density at radius 2 is 1.23 bits per heavy atom. The SMILES string of the molecule is CCCCCCCCCCCCCCCCCC(=O)OC1=CC(C)(C)NC(C)(C)C1. The molecule has 1 rings (SSSR count). The molecule has 0 aromatic heterocycles. The van der Waals surface area contributed by atoms with Crippen molar-refractivity contribution in [3.63, 3.8) is 0 Å². The van der Waals surface area contributed by atoms with E-state index in [0.29, 0.717) is 6.42 Å². The average Bonchev–Trinajstić information content (AvgIpc) is 2.62. The summed E-state index contributed by atoms with van der Waals surface area (Å²) in [5, 5.41) is 3.57. The van der Waals surface area contributed by atoms with Gasteiger partial charge in [0.05, 0.1) is 0 Å². The quantitative estimate of drug-likeness (QED) is 0.190. The molecule has 176 valence electrons. The maximum Gasteiger partial charge on any atom is 0.310 e. The lowest BCUT2D eigenvalue weighted by Crippen LogP contribution is -2.54. The fraction of sp³-hybridized carbons (Fsp3) is 0.889. The second-order valence-corrected chi connectivity index (χ2v) is 10.7. The van der Waals surface area contributed by atoms with E-state index >= 15 is 0 Å². The number of ether oxygens (including phenoxy) is 1. The average molecular weight is 422 g/mol. The van der Waals surface area contributed by atoms with Gasteiger partial charge >= 0.3 is 5.97 Å². The van der Waals surface area contributed by atoms with E-state index in [-0.39, 0.29) is 17.0 Å². The van der Waals surface area contributed by atoms with Crippen molar-refractivity contribution in [3.8, 4) is 0 Å². The van der Waals surface area contributed by atoms with Crippen LogP contribution in [-0.2, 0) is 9.53 Å². The molecule has 1 aliphatic rings. The van der Waals surface area contributed by atoms with E-state index in [0.717, 1.165) is 25.0 Å². The molecular weight excluding hydrogens is 370 g/mol. The molecule has 1 N–H and O–H groups in total. The first-order chi connectivity index (χ1) is 14.2. The number of nitrogens with one attached hydrogen (secondary N) is 1. The summed E-state index contributed by atoms with van der Waals surface area (Å²) in [5.74, 6) is 0.763. The van der Waals surface area contributed by atoms with Crippen LogP contribution in [0.25, 0.3) is 0 Å². The highest BCUT2D eigenvalue weighted by molar-refractivity contribution is 5.70. The van der Waals surface area contributed by atoms with Crippen molar-refractivity contribution in [3.05, 3.63) is 11.8 Å². The van der Waals surface area contributed by atoms with Gasteiger partial charge in [-0.15, -0.1) is 0 Å². The van der Waals surface area contributed by atoms with E-state index in [1.54, 1.807) is 0 Å². The third kappa shape index (κ3) is 14.2. The number of unbranched alkanes of at least 4 members (excludes halogenated alkanes) is 14. The van der Waals surface area contributed by atoms with Crippen LogP contribution in [0.5, 0.6) is 0 Å². The molecule has 30 heavy (non-hydrogen) atoms. The molecule has 0 aromatic rings. The van der Waals surface area contributed by atoms with Crippen LogP contribution in [0, 0.1) is 0 Å². The predicted molar refractivity (Wildman–Crippen MR) is 130 cm³/mol. The van der Waals surface area contributed by atoms with Crippen LogP contribution in [0.1, 0.15) is 144 Å². The fourth-order valence-electron chi connectivity index (χ4n) is 4.74. The molecule has 0 aliphatic carbocycles. The molecule has 1 heterocycles. The van der Waals surface area contributed by atoms with Gasteiger partial charge in [-0.3, -0.25) is 4.79 Å². The molecule has 0 atom stereocenters. The highest BCUT2D eigenvalue weighted by Gasteiger charge is 2.33. The Morgan fingerprint density at radius 1 is 0.800 bits per heavy atom. The van der Waals surface area contributed by atoms with Crippen LogP contribution in [0.4, 0.5) is 0 Å². The Bertz CT molecular complexity index is 493. The van der Waals surface area contributed by atoms with Gasteiger partial charge < -0.3 is 10.1 Å². The molecule has 0 unspecified atom stereocenters. The monoisotopic (exact) mass is 421 g/mol. The summed E-state index contributed by atoms with van der Waals surface area (Å²) in [5.41, 5.74) is -0.172.